The molecule has 5 heteroatoms. The van der Waals surface area contributed by atoms with Gasteiger partial charge in [0.15, 0.2) is 0 Å². The molecule has 130 valence electrons. The molecular weight excluding hydrogens is 338 g/mol. The van der Waals surface area contributed by atoms with Crippen molar-refractivity contribution in [1.29, 1.82) is 0 Å². The van der Waals surface area contributed by atoms with Gasteiger partial charge in [-0.1, -0.05) is 48.1 Å². The summed E-state index contributed by atoms with van der Waals surface area (Å²) in [6, 6.07) is 3.52. The van der Waals surface area contributed by atoms with Crippen molar-refractivity contribution in [2.24, 2.45) is 0 Å². The van der Waals surface area contributed by atoms with Crippen molar-refractivity contribution < 1.29 is 9.15 Å². The summed E-state index contributed by atoms with van der Waals surface area (Å²) >= 11 is 5.97. The lowest BCUT2D eigenvalue weighted by atomic mass is 10.1. The van der Waals surface area contributed by atoms with Gasteiger partial charge in [-0.2, -0.15) is 0 Å². The largest absolute Gasteiger partial charge is 0.496 e. The molecule has 0 fully saturated rings. The SMILES string of the molecule is COc1cc(/C(C)=C/C=C/C=C/C=C/c2[nH]ccc2Cl)oc(=O)c1C. The monoisotopic (exact) mass is 357 g/mol. The van der Waals surface area contributed by atoms with Gasteiger partial charge in [-0.25, -0.2) is 4.79 Å². The van der Waals surface area contributed by atoms with Gasteiger partial charge in [-0.3, -0.25) is 0 Å². The molecule has 2 aromatic rings. The quantitative estimate of drug-likeness (QED) is 0.726. The molecule has 0 saturated heterocycles. The number of halogens is 1. The number of methoxy groups -OCH3 is 1. The van der Waals surface area contributed by atoms with E-state index in [9.17, 15) is 4.79 Å². The van der Waals surface area contributed by atoms with Crippen molar-refractivity contribution in [1.82, 2.24) is 4.98 Å². The smallest absolute Gasteiger partial charge is 0.342 e. The van der Waals surface area contributed by atoms with Crippen LogP contribution in [-0.4, -0.2) is 12.1 Å². The molecule has 0 aliphatic carbocycles. The molecule has 0 spiro atoms. The first-order valence-corrected chi connectivity index (χ1v) is 8.11. The van der Waals surface area contributed by atoms with E-state index in [2.05, 4.69) is 4.98 Å². The second-order valence-corrected chi connectivity index (χ2v) is 5.72. The number of hydrogen-bond acceptors (Lipinski definition) is 3. The average molecular weight is 358 g/mol. The molecule has 0 bridgehead atoms. The molecule has 4 nitrogen and oxygen atoms in total. The van der Waals surface area contributed by atoms with Gasteiger partial charge in [0.25, 0.3) is 0 Å². The molecule has 0 saturated carbocycles. The highest BCUT2D eigenvalue weighted by Gasteiger charge is 2.08. The van der Waals surface area contributed by atoms with Gasteiger partial charge in [0.2, 0.25) is 0 Å². The van der Waals surface area contributed by atoms with Crippen LogP contribution in [0, 0.1) is 6.92 Å². The van der Waals surface area contributed by atoms with Crippen LogP contribution in [0.1, 0.15) is 23.9 Å². The number of hydrogen-bond donors (Lipinski definition) is 1. The Hall–Kier alpha value is -2.72. The molecule has 2 heterocycles. The highest BCUT2D eigenvalue weighted by Crippen LogP contribution is 2.20. The summed E-state index contributed by atoms with van der Waals surface area (Å²) in [6.07, 6.45) is 15.0. The molecule has 2 aromatic heterocycles. The molecule has 0 unspecified atom stereocenters. The summed E-state index contributed by atoms with van der Waals surface area (Å²) in [5.41, 5.74) is 1.77. The molecule has 1 N–H and O–H groups in total. The van der Waals surface area contributed by atoms with Gasteiger partial charge in [0, 0.05) is 12.3 Å². The second-order valence-electron chi connectivity index (χ2n) is 5.31. The Kier molecular flexibility index (Phi) is 6.66. The molecule has 0 atom stereocenters. The molecular formula is C20H20ClNO3. The van der Waals surface area contributed by atoms with E-state index in [1.165, 1.54) is 7.11 Å². The first-order valence-electron chi connectivity index (χ1n) is 7.73. The fourth-order valence-electron chi connectivity index (χ4n) is 2.06. The Labute approximate surface area is 151 Å². The Bertz CT molecular complexity index is 898. The lowest BCUT2D eigenvalue weighted by molar-refractivity contribution is 0.395. The van der Waals surface area contributed by atoms with Crippen molar-refractivity contribution in [3.05, 3.63) is 87.2 Å². The zero-order valence-corrected chi connectivity index (χ0v) is 15.1. The Balaban J connectivity index is 2.01. The van der Waals surface area contributed by atoms with E-state index in [0.717, 1.165) is 11.3 Å². The second kappa shape index (κ2) is 8.94. The minimum absolute atomic E-state index is 0.390. The van der Waals surface area contributed by atoms with E-state index < -0.39 is 0 Å². The Morgan fingerprint density at radius 3 is 2.64 bits per heavy atom. The van der Waals surface area contributed by atoms with Crippen molar-refractivity contribution >= 4 is 23.3 Å². The van der Waals surface area contributed by atoms with Gasteiger partial charge >= 0.3 is 5.63 Å². The fraction of sp³-hybridized carbons (Fsp3) is 0.150. The van der Waals surface area contributed by atoms with Gasteiger partial charge in [0.1, 0.15) is 11.5 Å². The number of aromatic amines is 1. The van der Waals surface area contributed by atoms with Crippen LogP contribution < -0.4 is 10.4 Å². The molecule has 0 amide bonds. The number of H-pyrrole nitrogens is 1. The van der Waals surface area contributed by atoms with Gasteiger partial charge < -0.3 is 14.1 Å². The van der Waals surface area contributed by atoms with Crippen LogP contribution in [0.4, 0.5) is 0 Å². The highest BCUT2D eigenvalue weighted by molar-refractivity contribution is 6.31. The lowest BCUT2D eigenvalue weighted by Gasteiger charge is -2.05. The Morgan fingerprint density at radius 1 is 1.24 bits per heavy atom. The number of ether oxygens (including phenoxy) is 1. The van der Waals surface area contributed by atoms with Crippen LogP contribution in [0.25, 0.3) is 11.6 Å². The maximum Gasteiger partial charge on any atom is 0.342 e. The van der Waals surface area contributed by atoms with Crippen molar-refractivity contribution in [3.8, 4) is 5.75 Å². The van der Waals surface area contributed by atoms with E-state index in [4.69, 9.17) is 20.8 Å². The van der Waals surface area contributed by atoms with Crippen LogP contribution in [0.5, 0.6) is 5.75 Å². The van der Waals surface area contributed by atoms with Crippen LogP contribution in [-0.2, 0) is 0 Å². The van der Waals surface area contributed by atoms with Gasteiger partial charge in [0.05, 0.1) is 23.4 Å². The minimum Gasteiger partial charge on any atom is -0.496 e. The van der Waals surface area contributed by atoms with E-state index in [1.807, 2.05) is 49.5 Å². The first kappa shape index (κ1) is 18.6. The van der Waals surface area contributed by atoms with E-state index >= 15 is 0 Å². The van der Waals surface area contributed by atoms with Crippen molar-refractivity contribution in [2.45, 2.75) is 13.8 Å². The predicted molar refractivity (Wildman–Crippen MR) is 103 cm³/mol. The molecule has 25 heavy (non-hydrogen) atoms. The minimum atomic E-state index is -0.390. The van der Waals surface area contributed by atoms with Crippen molar-refractivity contribution in [2.75, 3.05) is 7.11 Å². The maximum atomic E-state index is 11.8. The average Bonchev–Trinajstić information content (AvgIpc) is 3.01. The van der Waals surface area contributed by atoms with E-state index in [1.54, 1.807) is 25.3 Å². The normalized spacial score (nSPS) is 12.7. The summed E-state index contributed by atoms with van der Waals surface area (Å²) in [7, 11) is 1.53. The standard InChI is InChI=1S/C20H20ClNO3/c1-14(18-13-19(24-3)15(2)20(23)25-18)9-7-5-4-6-8-10-17-16(21)11-12-22-17/h4-13,22H,1-3H3/b6-4+,7-5+,10-8+,14-9+. The van der Waals surface area contributed by atoms with Crippen LogP contribution >= 0.6 is 11.6 Å². The number of allylic oxidation sites excluding steroid dienone is 7. The van der Waals surface area contributed by atoms with E-state index in [-0.39, 0.29) is 5.63 Å². The fourth-order valence-corrected chi connectivity index (χ4v) is 2.24. The number of nitrogens with one attached hydrogen (secondary N) is 1. The third-order valence-corrected chi connectivity index (χ3v) is 3.86. The summed E-state index contributed by atoms with van der Waals surface area (Å²) in [5.74, 6) is 1.01. The van der Waals surface area contributed by atoms with E-state index in [0.29, 0.717) is 22.1 Å². The summed E-state index contributed by atoms with van der Waals surface area (Å²) < 4.78 is 10.5. The summed E-state index contributed by atoms with van der Waals surface area (Å²) in [5, 5.41) is 0.689. The molecule has 0 radical (unpaired) electrons. The maximum absolute atomic E-state index is 11.8. The molecule has 0 aliphatic rings. The van der Waals surface area contributed by atoms with Gasteiger partial charge in [-0.05, 0) is 31.6 Å². The molecule has 0 aromatic carbocycles. The zero-order valence-electron chi connectivity index (χ0n) is 14.4. The van der Waals surface area contributed by atoms with Gasteiger partial charge in [-0.15, -0.1) is 0 Å². The predicted octanol–water partition coefficient (Wildman–Crippen LogP) is 5.17. The summed E-state index contributed by atoms with van der Waals surface area (Å²) in [6.45, 7) is 3.54. The van der Waals surface area contributed by atoms with Crippen LogP contribution in [0.3, 0.4) is 0 Å². The first-order chi connectivity index (χ1) is 12.0. The summed E-state index contributed by atoms with van der Waals surface area (Å²) in [4.78, 5) is 14.8. The number of rotatable bonds is 6. The molecule has 0 aliphatic heterocycles. The highest BCUT2D eigenvalue weighted by atomic mass is 35.5. The third kappa shape index (κ3) is 5.13. The lowest BCUT2D eigenvalue weighted by Crippen LogP contribution is -2.06. The number of aromatic nitrogens is 1. The van der Waals surface area contributed by atoms with Crippen LogP contribution in [0.15, 0.2) is 64.0 Å². The Morgan fingerprint density at radius 2 is 1.96 bits per heavy atom. The zero-order chi connectivity index (χ0) is 18.2. The van der Waals surface area contributed by atoms with Crippen molar-refractivity contribution in [3.63, 3.8) is 0 Å². The van der Waals surface area contributed by atoms with Crippen LogP contribution in [0.2, 0.25) is 5.02 Å². The topological polar surface area (TPSA) is 55.2 Å². The molecule has 2 rings (SSSR count). The third-order valence-electron chi connectivity index (χ3n) is 3.53.